The second-order valence-electron chi connectivity index (χ2n) is 7.76. The molecule has 1 amide bonds. The Balaban J connectivity index is 1.59. The lowest BCUT2D eigenvalue weighted by Crippen LogP contribution is -2.36. The normalized spacial score (nSPS) is 16.8. The standard InChI is InChI=1S/C26H21N3O2/c1-17-6-3-8-19(12-17)14-22-25-28-23(15-21-10-5-11-31-21)26(30)29(25)16-24(27-22)20-9-4-7-18(2)13-20/h3-13,15-16H,14H2,1-2H3/b23-15-. The van der Waals surface area contributed by atoms with Gasteiger partial charge in [-0.1, -0.05) is 53.6 Å². The first kappa shape index (κ1) is 19.0. The van der Waals surface area contributed by atoms with Crippen LogP contribution < -0.4 is 0 Å². The Morgan fingerprint density at radius 2 is 1.77 bits per heavy atom. The van der Waals surface area contributed by atoms with Crippen LogP contribution in [0.3, 0.4) is 0 Å². The number of amidine groups is 1. The van der Waals surface area contributed by atoms with E-state index < -0.39 is 0 Å². The molecule has 0 saturated heterocycles. The van der Waals surface area contributed by atoms with Crippen LogP contribution in [0.25, 0.3) is 11.8 Å². The van der Waals surface area contributed by atoms with Crippen molar-refractivity contribution in [3.63, 3.8) is 0 Å². The van der Waals surface area contributed by atoms with E-state index in [0.717, 1.165) is 28.1 Å². The van der Waals surface area contributed by atoms with E-state index in [-0.39, 0.29) is 5.91 Å². The van der Waals surface area contributed by atoms with Crippen molar-refractivity contribution in [2.45, 2.75) is 20.3 Å². The highest BCUT2D eigenvalue weighted by atomic mass is 16.3. The monoisotopic (exact) mass is 407 g/mol. The number of carbonyl (C=O) groups is 1. The predicted octanol–water partition coefficient (Wildman–Crippen LogP) is 5.17. The highest BCUT2D eigenvalue weighted by Gasteiger charge is 2.35. The minimum atomic E-state index is -0.187. The van der Waals surface area contributed by atoms with Crippen molar-refractivity contribution in [1.29, 1.82) is 0 Å². The second-order valence-corrected chi connectivity index (χ2v) is 7.76. The SMILES string of the molecule is Cc1cccc(CC2=NC(c3cccc(C)c3)=CN3C(=O)/C(=C/c4ccco4)N=C23)c1. The molecule has 0 radical (unpaired) electrons. The molecule has 5 heteroatoms. The topological polar surface area (TPSA) is 58.2 Å². The van der Waals surface area contributed by atoms with Gasteiger partial charge in [0, 0.05) is 24.3 Å². The van der Waals surface area contributed by atoms with Gasteiger partial charge in [0.1, 0.15) is 11.5 Å². The summed E-state index contributed by atoms with van der Waals surface area (Å²) in [7, 11) is 0. The van der Waals surface area contributed by atoms with E-state index in [1.165, 1.54) is 5.56 Å². The molecule has 0 bridgehead atoms. The van der Waals surface area contributed by atoms with Gasteiger partial charge in [-0.05, 0) is 37.6 Å². The summed E-state index contributed by atoms with van der Waals surface area (Å²) in [6, 6.07) is 20.0. The van der Waals surface area contributed by atoms with Crippen LogP contribution >= 0.6 is 0 Å². The number of rotatable bonds is 4. The molecule has 31 heavy (non-hydrogen) atoms. The Labute approximate surface area is 180 Å². The number of hydrogen-bond donors (Lipinski definition) is 0. The molecule has 152 valence electrons. The Bertz CT molecular complexity index is 1290. The maximum absolute atomic E-state index is 13.2. The summed E-state index contributed by atoms with van der Waals surface area (Å²) in [5.41, 5.74) is 6.27. The van der Waals surface area contributed by atoms with E-state index in [9.17, 15) is 4.79 Å². The number of nitrogens with zero attached hydrogens (tertiary/aromatic N) is 3. The van der Waals surface area contributed by atoms with E-state index in [1.54, 1.807) is 35.6 Å². The molecular weight excluding hydrogens is 386 g/mol. The summed E-state index contributed by atoms with van der Waals surface area (Å²) >= 11 is 0. The Morgan fingerprint density at radius 1 is 0.968 bits per heavy atom. The van der Waals surface area contributed by atoms with Gasteiger partial charge >= 0.3 is 0 Å². The van der Waals surface area contributed by atoms with Crippen molar-refractivity contribution in [3.8, 4) is 0 Å². The fraction of sp³-hybridized carbons (Fsp3) is 0.115. The molecule has 5 nitrogen and oxygen atoms in total. The first-order valence-electron chi connectivity index (χ1n) is 10.2. The molecule has 1 aromatic heterocycles. The van der Waals surface area contributed by atoms with E-state index in [2.05, 4.69) is 36.2 Å². The summed E-state index contributed by atoms with van der Waals surface area (Å²) < 4.78 is 5.37. The smallest absolute Gasteiger partial charge is 0.282 e. The predicted molar refractivity (Wildman–Crippen MR) is 122 cm³/mol. The molecule has 2 aliphatic heterocycles. The van der Waals surface area contributed by atoms with Crippen LogP contribution in [-0.4, -0.2) is 22.4 Å². The first-order chi connectivity index (χ1) is 15.1. The van der Waals surface area contributed by atoms with Crippen molar-refractivity contribution in [2.24, 2.45) is 9.98 Å². The number of amides is 1. The van der Waals surface area contributed by atoms with Gasteiger partial charge in [-0.2, -0.15) is 0 Å². The Morgan fingerprint density at radius 3 is 2.52 bits per heavy atom. The summed E-state index contributed by atoms with van der Waals surface area (Å²) in [6.07, 6.45) is 5.60. The minimum Gasteiger partial charge on any atom is -0.465 e. The third kappa shape index (κ3) is 3.78. The summed E-state index contributed by atoms with van der Waals surface area (Å²) in [6.45, 7) is 4.11. The van der Waals surface area contributed by atoms with Gasteiger partial charge in [0.2, 0.25) is 0 Å². The molecule has 0 saturated carbocycles. The van der Waals surface area contributed by atoms with Crippen molar-refractivity contribution in [2.75, 3.05) is 0 Å². The van der Waals surface area contributed by atoms with Crippen molar-refractivity contribution < 1.29 is 9.21 Å². The summed E-state index contributed by atoms with van der Waals surface area (Å²) in [4.78, 5) is 24.3. The Kier molecular flexibility index (Phi) is 4.71. The van der Waals surface area contributed by atoms with Crippen LogP contribution in [0.15, 0.2) is 93.2 Å². The van der Waals surface area contributed by atoms with E-state index in [0.29, 0.717) is 23.7 Å². The number of aryl methyl sites for hydroxylation is 2. The molecule has 0 unspecified atom stereocenters. The third-order valence-corrected chi connectivity index (χ3v) is 5.25. The van der Waals surface area contributed by atoms with Gasteiger partial charge < -0.3 is 4.42 Å². The average Bonchev–Trinajstić information content (AvgIpc) is 3.37. The Hall–Kier alpha value is -3.99. The number of hydrogen-bond acceptors (Lipinski definition) is 4. The molecule has 0 N–H and O–H groups in total. The molecule has 2 aliphatic rings. The van der Waals surface area contributed by atoms with Gasteiger partial charge in [0.15, 0.2) is 5.84 Å². The van der Waals surface area contributed by atoms with E-state index >= 15 is 0 Å². The van der Waals surface area contributed by atoms with E-state index in [4.69, 9.17) is 9.41 Å². The minimum absolute atomic E-state index is 0.187. The molecule has 0 fully saturated rings. The van der Waals surface area contributed by atoms with Crippen LogP contribution in [0.2, 0.25) is 0 Å². The quantitative estimate of drug-likeness (QED) is 0.560. The zero-order valence-corrected chi connectivity index (χ0v) is 17.4. The van der Waals surface area contributed by atoms with Gasteiger partial charge in [0.05, 0.1) is 17.7 Å². The summed E-state index contributed by atoms with van der Waals surface area (Å²) in [5.74, 6) is 0.974. The van der Waals surface area contributed by atoms with Gasteiger partial charge in [0.25, 0.3) is 5.91 Å². The van der Waals surface area contributed by atoms with Gasteiger partial charge in [-0.15, -0.1) is 0 Å². The summed E-state index contributed by atoms with van der Waals surface area (Å²) in [5, 5.41) is 0. The van der Waals surface area contributed by atoms with Crippen LogP contribution in [0.1, 0.15) is 28.0 Å². The lowest BCUT2D eigenvalue weighted by atomic mass is 10.0. The fourth-order valence-corrected chi connectivity index (χ4v) is 3.78. The van der Waals surface area contributed by atoms with Gasteiger partial charge in [-0.3, -0.25) is 9.69 Å². The maximum atomic E-state index is 13.2. The molecule has 0 aliphatic carbocycles. The van der Waals surface area contributed by atoms with Crippen LogP contribution in [-0.2, 0) is 11.2 Å². The van der Waals surface area contributed by atoms with Crippen molar-refractivity contribution >= 4 is 29.2 Å². The zero-order valence-electron chi connectivity index (χ0n) is 17.4. The van der Waals surface area contributed by atoms with Crippen molar-refractivity contribution in [1.82, 2.24) is 4.90 Å². The third-order valence-electron chi connectivity index (χ3n) is 5.25. The lowest BCUT2D eigenvalue weighted by Gasteiger charge is -2.22. The molecule has 3 heterocycles. The largest absolute Gasteiger partial charge is 0.465 e. The lowest BCUT2D eigenvalue weighted by molar-refractivity contribution is -0.120. The molecule has 5 rings (SSSR count). The molecule has 3 aromatic rings. The number of benzene rings is 2. The second kappa shape index (κ2) is 7.69. The number of fused-ring (bicyclic) bond motifs is 1. The molecule has 0 atom stereocenters. The van der Waals surface area contributed by atoms with Crippen LogP contribution in [0.5, 0.6) is 0 Å². The highest BCUT2D eigenvalue weighted by molar-refractivity contribution is 6.48. The first-order valence-corrected chi connectivity index (χ1v) is 10.2. The maximum Gasteiger partial charge on any atom is 0.282 e. The van der Waals surface area contributed by atoms with Crippen LogP contribution in [0.4, 0.5) is 0 Å². The van der Waals surface area contributed by atoms with Crippen molar-refractivity contribution in [3.05, 3.63) is 107 Å². The average molecular weight is 407 g/mol. The molecule has 0 spiro atoms. The fourth-order valence-electron chi connectivity index (χ4n) is 3.78. The molecule has 2 aromatic carbocycles. The number of carbonyl (C=O) groups excluding carboxylic acids is 1. The number of furan rings is 1. The molecular formula is C26H21N3O2. The van der Waals surface area contributed by atoms with Crippen LogP contribution in [0, 0.1) is 13.8 Å². The number of aliphatic imine (C=N–C) groups is 2. The highest BCUT2D eigenvalue weighted by Crippen LogP contribution is 2.29. The zero-order chi connectivity index (χ0) is 21.4. The van der Waals surface area contributed by atoms with Gasteiger partial charge in [-0.25, -0.2) is 9.98 Å². The van der Waals surface area contributed by atoms with E-state index in [1.807, 2.05) is 31.2 Å².